The third-order valence-corrected chi connectivity index (χ3v) is 18.5. The summed E-state index contributed by atoms with van der Waals surface area (Å²) >= 11 is 0. The first-order valence-corrected chi connectivity index (χ1v) is 28.1. The van der Waals surface area contributed by atoms with Gasteiger partial charge in [-0.25, -0.2) is 0 Å². The number of nitrogens with zero attached hydrogens (tertiary/aromatic N) is 2. The lowest BCUT2D eigenvalue weighted by Crippen LogP contribution is -2.55. The topological polar surface area (TPSA) is 6.48 Å². The SMILES string of the molecule is CC(C)(C)c1cccc(N(c2ccc(-c3ccccc3)cc2)c2ccc3cc4c(cc3c2)C2(c3cc5cc(N(c6ccc(-c7ccccc7)cc6)c6cccc(C(C)(C)C)c6)ccc5cc3-4)C3CC4CC(C3)CC2C4)c1. The number of fused-ring (bicyclic) bond motifs is 5. The Kier molecular flexibility index (Phi) is 10.9. The molecule has 15 rings (SSSR count). The summed E-state index contributed by atoms with van der Waals surface area (Å²) in [6.07, 6.45) is 6.80. The van der Waals surface area contributed by atoms with Crippen LogP contribution in [0, 0.1) is 23.7 Å². The van der Waals surface area contributed by atoms with Crippen molar-refractivity contribution in [2.24, 2.45) is 23.7 Å². The summed E-state index contributed by atoms with van der Waals surface area (Å²) in [7, 11) is 0. The van der Waals surface area contributed by atoms with E-state index < -0.39 is 0 Å². The molecule has 10 aromatic carbocycles. The molecule has 5 aliphatic rings. The van der Waals surface area contributed by atoms with Gasteiger partial charge in [-0.1, -0.05) is 163 Å². The summed E-state index contributed by atoms with van der Waals surface area (Å²) in [5.41, 5.74) is 20.7. The molecule has 0 N–H and O–H groups in total. The molecule has 10 aromatic rings. The van der Waals surface area contributed by atoms with Crippen LogP contribution < -0.4 is 9.80 Å². The van der Waals surface area contributed by atoms with Crippen LogP contribution in [-0.2, 0) is 16.2 Å². The number of hydrogen-bond donors (Lipinski definition) is 0. The fraction of sp³-hybridized carbons (Fsp3) is 0.243. The molecule has 0 heterocycles. The molecule has 0 amide bonds. The largest absolute Gasteiger partial charge is 0.310 e. The Hall–Kier alpha value is -7.68. The Balaban J connectivity index is 0.914. The zero-order valence-corrected chi connectivity index (χ0v) is 45.0. The van der Waals surface area contributed by atoms with Crippen LogP contribution in [0.25, 0.3) is 54.9 Å². The van der Waals surface area contributed by atoms with Crippen molar-refractivity contribution in [2.75, 3.05) is 9.80 Å². The van der Waals surface area contributed by atoms with E-state index in [4.69, 9.17) is 0 Å². The van der Waals surface area contributed by atoms with E-state index in [-0.39, 0.29) is 16.2 Å². The number of anilines is 6. The average Bonchev–Trinajstić information content (AvgIpc) is 3.97. The molecule has 2 heteroatoms. The van der Waals surface area contributed by atoms with Crippen molar-refractivity contribution in [3.63, 3.8) is 0 Å². The minimum absolute atomic E-state index is 0.00549. The molecule has 0 unspecified atom stereocenters. The molecule has 4 fully saturated rings. The quantitative estimate of drug-likeness (QED) is 0.150. The first kappa shape index (κ1) is 46.8. The zero-order chi connectivity index (χ0) is 51.5. The summed E-state index contributed by atoms with van der Waals surface area (Å²) in [6.45, 7) is 13.9. The highest BCUT2D eigenvalue weighted by atomic mass is 15.1. The molecule has 4 saturated carbocycles. The predicted molar refractivity (Wildman–Crippen MR) is 322 cm³/mol. The Labute approximate surface area is 450 Å². The van der Waals surface area contributed by atoms with E-state index >= 15 is 0 Å². The Morgan fingerprint density at radius 1 is 0.316 bits per heavy atom. The van der Waals surface area contributed by atoms with E-state index in [0.717, 1.165) is 23.2 Å². The summed E-state index contributed by atoms with van der Waals surface area (Å²) in [5.74, 6) is 3.00. The lowest BCUT2D eigenvalue weighted by molar-refractivity contribution is -0.0398. The van der Waals surface area contributed by atoms with Gasteiger partial charge in [0.15, 0.2) is 0 Å². The van der Waals surface area contributed by atoms with Gasteiger partial charge in [0.25, 0.3) is 0 Å². The van der Waals surface area contributed by atoms with Gasteiger partial charge in [-0.15, -0.1) is 0 Å². The van der Waals surface area contributed by atoms with E-state index in [1.807, 2.05) is 0 Å². The molecule has 0 radical (unpaired) electrons. The summed E-state index contributed by atoms with van der Waals surface area (Å²) in [4.78, 5) is 4.96. The van der Waals surface area contributed by atoms with Crippen LogP contribution in [0.3, 0.4) is 0 Å². The smallest absolute Gasteiger partial charge is 0.0468 e. The fourth-order valence-corrected chi connectivity index (χ4v) is 14.9. The third kappa shape index (κ3) is 7.81. The highest BCUT2D eigenvalue weighted by Gasteiger charge is 2.61. The van der Waals surface area contributed by atoms with Crippen LogP contribution in [0.4, 0.5) is 34.1 Å². The van der Waals surface area contributed by atoms with Gasteiger partial charge < -0.3 is 9.80 Å². The van der Waals surface area contributed by atoms with Crippen LogP contribution in [0.5, 0.6) is 0 Å². The lowest BCUT2D eigenvalue weighted by Gasteiger charge is -2.61. The molecule has 0 atom stereocenters. The van der Waals surface area contributed by atoms with Crippen LogP contribution in [0.15, 0.2) is 218 Å². The number of benzene rings is 10. The average molecular weight is 985 g/mol. The minimum atomic E-state index is -0.00549. The number of rotatable bonds is 8. The summed E-state index contributed by atoms with van der Waals surface area (Å²) in [6, 6.07) is 83.2. The molecule has 0 aliphatic heterocycles. The predicted octanol–water partition coefficient (Wildman–Crippen LogP) is 20.6. The summed E-state index contributed by atoms with van der Waals surface area (Å²) < 4.78 is 0. The second-order valence-electron chi connectivity index (χ2n) is 25.1. The molecule has 0 saturated heterocycles. The van der Waals surface area contributed by atoms with Crippen LogP contribution in [-0.4, -0.2) is 0 Å². The normalized spacial score (nSPS) is 19.0. The molecule has 76 heavy (non-hydrogen) atoms. The first-order chi connectivity index (χ1) is 36.8. The molecule has 374 valence electrons. The molecule has 0 aromatic heterocycles. The maximum atomic E-state index is 2.68. The van der Waals surface area contributed by atoms with Crippen molar-refractivity contribution in [3.8, 4) is 33.4 Å². The fourth-order valence-electron chi connectivity index (χ4n) is 14.9. The standard InChI is InChI=1S/C74H68N2/c1-72(2,3)58-19-13-21-64(46-58)75(62-29-23-52(24-30-62)50-15-9-7-10-16-50)66-33-27-54-42-68-69-43-55-28-34-67(41-57(55)45-71(69)74(70(68)44-56(54)40-66)60-36-48-35-49(38-60)39-61(74)37-48)76(65-22-14-20-59(47-65)73(4,5)6)63-31-25-53(26-32-63)51-17-11-8-12-18-51/h7-34,40-49,60-61H,35-39H2,1-6H3. The van der Waals surface area contributed by atoms with Crippen molar-refractivity contribution in [2.45, 2.75) is 89.9 Å². The lowest BCUT2D eigenvalue weighted by atomic mass is 9.43. The van der Waals surface area contributed by atoms with Crippen LogP contribution >= 0.6 is 0 Å². The second-order valence-corrected chi connectivity index (χ2v) is 25.1. The molecule has 2 nitrogen and oxygen atoms in total. The Morgan fingerprint density at radius 3 is 1.08 bits per heavy atom. The number of hydrogen-bond acceptors (Lipinski definition) is 2. The van der Waals surface area contributed by atoms with E-state index in [2.05, 4.69) is 270 Å². The second kappa shape index (κ2) is 17.7. The molecular weight excluding hydrogens is 917 g/mol. The van der Waals surface area contributed by atoms with E-state index in [1.54, 1.807) is 11.1 Å². The van der Waals surface area contributed by atoms with Gasteiger partial charge in [-0.2, -0.15) is 0 Å². The maximum absolute atomic E-state index is 2.68. The van der Waals surface area contributed by atoms with Crippen LogP contribution in [0.1, 0.15) is 95.9 Å². The maximum Gasteiger partial charge on any atom is 0.0468 e. The van der Waals surface area contributed by atoms with E-state index in [0.29, 0.717) is 11.8 Å². The van der Waals surface area contributed by atoms with E-state index in [9.17, 15) is 0 Å². The van der Waals surface area contributed by atoms with Crippen molar-refractivity contribution >= 4 is 55.7 Å². The van der Waals surface area contributed by atoms with Crippen molar-refractivity contribution < 1.29 is 0 Å². The van der Waals surface area contributed by atoms with Gasteiger partial charge in [-0.05, 0) is 241 Å². The van der Waals surface area contributed by atoms with Crippen molar-refractivity contribution in [1.82, 2.24) is 0 Å². The Morgan fingerprint density at radius 2 is 0.684 bits per heavy atom. The van der Waals surface area contributed by atoms with Crippen molar-refractivity contribution in [3.05, 3.63) is 241 Å². The minimum Gasteiger partial charge on any atom is -0.310 e. The van der Waals surface area contributed by atoms with Crippen molar-refractivity contribution in [1.29, 1.82) is 0 Å². The molecular formula is C74H68N2. The Bertz CT molecular complexity index is 3570. The van der Waals surface area contributed by atoms with Gasteiger partial charge >= 0.3 is 0 Å². The van der Waals surface area contributed by atoms with Gasteiger partial charge in [0.2, 0.25) is 0 Å². The molecule has 5 aliphatic carbocycles. The zero-order valence-electron chi connectivity index (χ0n) is 45.0. The van der Waals surface area contributed by atoms with Gasteiger partial charge in [0.1, 0.15) is 0 Å². The highest BCUT2D eigenvalue weighted by molar-refractivity contribution is 6.01. The molecule has 4 bridgehead atoms. The first-order valence-electron chi connectivity index (χ1n) is 28.1. The third-order valence-electron chi connectivity index (χ3n) is 18.5. The molecule has 1 spiro atoms. The highest BCUT2D eigenvalue weighted by Crippen LogP contribution is 2.70. The van der Waals surface area contributed by atoms with Gasteiger partial charge in [0, 0.05) is 39.5 Å². The van der Waals surface area contributed by atoms with Gasteiger partial charge in [0.05, 0.1) is 0 Å². The monoisotopic (exact) mass is 985 g/mol. The van der Waals surface area contributed by atoms with Crippen LogP contribution in [0.2, 0.25) is 0 Å². The summed E-state index contributed by atoms with van der Waals surface area (Å²) in [5, 5.41) is 5.26. The van der Waals surface area contributed by atoms with Gasteiger partial charge in [-0.3, -0.25) is 0 Å². The van der Waals surface area contributed by atoms with E-state index in [1.165, 1.54) is 121 Å².